The molecule has 0 spiro atoms. The summed E-state index contributed by atoms with van der Waals surface area (Å²) in [6, 6.07) is 11.2. The number of Topliss-reactive ketones (excluding diaryl/α,β-unsaturated/α-hetero) is 1. The summed E-state index contributed by atoms with van der Waals surface area (Å²) in [5.74, 6) is 0.969. The van der Waals surface area contributed by atoms with E-state index in [4.69, 9.17) is 21.1 Å². The molecule has 2 aromatic carbocycles. The van der Waals surface area contributed by atoms with E-state index in [2.05, 4.69) is 0 Å². The molecule has 1 atom stereocenters. The second kappa shape index (κ2) is 8.15. The lowest BCUT2D eigenvalue weighted by molar-refractivity contribution is -0.119. The highest BCUT2D eigenvalue weighted by molar-refractivity contribution is 6.31. The minimum Gasteiger partial charge on any atom is -0.493 e. The molecule has 0 bridgehead atoms. The Morgan fingerprint density at radius 3 is 2.47 bits per heavy atom. The number of aryl methyl sites for hydroxylation is 1. The smallest absolute Gasteiger partial charge is 0.232 e. The first kappa shape index (κ1) is 20.5. The van der Waals surface area contributed by atoms with Gasteiger partial charge in [-0.05, 0) is 55.2 Å². The predicted octanol–water partition coefficient (Wildman–Crippen LogP) is 5.19. The van der Waals surface area contributed by atoms with Gasteiger partial charge in [-0.3, -0.25) is 14.5 Å². The monoisotopic (exact) mass is 425 g/mol. The highest BCUT2D eigenvalue weighted by Gasteiger charge is 2.40. The van der Waals surface area contributed by atoms with E-state index in [1.165, 1.54) is 0 Å². The van der Waals surface area contributed by atoms with Gasteiger partial charge >= 0.3 is 0 Å². The molecule has 2 aliphatic rings. The minimum atomic E-state index is -0.294. The summed E-state index contributed by atoms with van der Waals surface area (Å²) in [5, 5.41) is 0.603. The molecule has 0 aromatic heterocycles. The van der Waals surface area contributed by atoms with Gasteiger partial charge < -0.3 is 9.47 Å². The Kier molecular flexibility index (Phi) is 5.56. The summed E-state index contributed by atoms with van der Waals surface area (Å²) < 4.78 is 10.8. The number of benzene rings is 2. The van der Waals surface area contributed by atoms with Crippen LogP contribution in [0.3, 0.4) is 0 Å². The van der Waals surface area contributed by atoms with Crippen LogP contribution < -0.4 is 14.4 Å². The number of hydrogen-bond donors (Lipinski definition) is 0. The molecule has 2 aromatic rings. The van der Waals surface area contributed by atoms with Crippen LogP contribution in [-0.4, -0.2) is 25.9 Å². The average Bonchev–Trinajstić information content (AvgIpc) is 2.75. The van der Waals surface area contributed by atoms with Crippen molar-refractivity contribution in [3.63, 3.8) is 0 Å². The summed E-state index contributed by atoms with van der Waals surface area (Å²) in [7, 11) is 3.16. The lowest BCUT2D eigenvalue weighted by Crippen LogP contribution is -2.40. The summed E-state index contributed by atoms with van der Waals surface area (Å²) in [4.78, 5) is 28.0. The second-order valence-electron chi connectivity index (χ2n) is 7.67. The summed E-state index contributed by atoms with van der Waals surface area (Å²) in [5.41, 5.74) is 4.06. The van der Waals surface area contributed by atoms with E-state index < -0.39 is 0 Å². The van der Waals surface area contributed by atoms with Crippen molar-refractivity contribution in [2.24, 2.45) is 0 Å². The molecule has 0 N–H and O–H groups in total. The van der Waals surface area contributed by atoms with Crippen LogP contribution in [0.2, 0.25) is 5.02 Å². The van der Waals surface area contributed by atoms with Crippen molar-refractivity contribution in [1.29, 1.82) is 0 Å². The quantitative estimate of drug-likeness (QED) is 0.676. The molecule has 0 saturated heterocycles. The molecular formula is C24H24ClNO4. The van der Waals surface area contributed by atoms with E-state index in [1.54, 1.807) is 25.2 Å². The van der Waals surface area contributed by atoms with Gasteiger partial charge in [-0.1, -0.05) is 23.7 Å². The van der Waals surface area contributed by atoms with Crippen LogP contribution in [0, 0.1) is 6.92 Å². The van der Waals surface area contributed by atoms with Gasteiger partial charge in [0.2, 0.25) is 5.91 Å². The number of ether oxygens (including phenoxy) is 2. The normalized spacial score (nSPS) is 19.1. The lowest BCUT2D eigenvalue weighted by atomic mass is 9.77. The molecule has 30 heavy (non-hydrogen) atoms. The Balaban J connectivity index is 1.84. The van der Waals surface area contributed by atoms with Crippen LogP contribution in [0.4, 0.5) is 5.69 Å². The Bertz CT molecular complexity index is 1060. The first-order valence-electron chi connectivity index (χ1n) is 10.0. The standard InChI is InChI=1S/C24H24ClNO4/c1-14-7-9-16(12-18(14)25)26-19-5-4-6-20(27)24(19)17(13-23(26)28)15-8-10-21(29-2)22(11-15)30-3/h7-12,17H,4-6,13H2,1-3H3. The molecule has 4 rings (SSSR count). The van der Waals surface area contributed by atoms with Crippen molar-refractivity contribution in [1.82, 2.24) is 0 Å². The zero-order valence-corrected chi connectivity index (χ0v) is 18.1. The highest BCUT2D eigenvalue weighted by Crippen LogP contribution is 2.45. The Morgan fingerprint density at radius 1 is 1.00 bits per heavy atom. The first-order valence-corrected chi connectivity index (χ1v) is 10.4. The fourth-order valence-electron chi connectivity index (χ4n) is 4.37. The van der Waals surface area contributed by atoms with Crippen molar-refractivity contribution < 1.29 is 19.1 Å². The third-order valence-electron chi connectivity index (χ3n) is 5.90. The van der Waals surface area contributed by atoms with E-state index in [1.807, 2.05) is 37.3 Å². The molecule has 1 aliphatic carbocycles. The number of hydrogen-bond acceptors (Lipinski definition) is 4. The van der Waals surface area contributed by atoms with Gasteiger partial charge in [0.1, 0.15) is 0 Å². The third kappa shape index (κ3) is 3.47. The van der Waals surface area contributed by atoms with Crippen molar-refractivity contribution in [3.8, 4) is 11.5 Å². The largest absolute Gasteiger partial charge is 0.493 e. The van der Waals surface area contributed by atoms with E-state index in [9.17, 15) is 9.59 Å². The van der Waals surface area contributed by atoms with Crippen molar-refractivity contribution in [3.05, 3.63) is 63.8 Å². The second-order valence-corrected chi connectivity index (χ2v) is 8.08. The van der Waals surface area contributed by atoms with E-state index in [-0.39, 0.29) is 24.0 Å². The topological polar surface area (TPSA) is 55.8 Å². The number of ketones is 1. The van der Waals surface area contributed by atoms with Gasteiger partial charge in [0.25, 0.3) is 0 Å². The van der Waals surface area contributed by atoms with E-state index in [0.29, 0.717) is 35.1 Å². The summed E-state index contributed by atoms with van der Waals surface area (Å²) in [6.07, 6.45) is 2.13. The maximum Gasteiger partial charge on any atom is 0.232 e. The van der Waals surface area contributed by atoms with Crippen LogP contribution in [0.25, 0.3) is 0 Å². The zero-order chi connectivity index (χ0) is 21.4. The van der Waals surface area contributed by atoms with E-state index in [0.717, 1.165) is 28.8 Å². The number of nitrogens with zero attached hydrogens (tertiary/aromatic N) is 1. The Morgan fingerprint density at radius 2 is 1.77 bits per heavy atom. The molecule has 1 aliphatic heterocycles. The molecule has 0 radical (unpaired) electrons. The molecule has 1 amide bonds. The number of rotatable bonds is 4. The van der Waals surface area contributed by atoms with E-state index >= 15 is 0 Å². The minimum absolute atomic E-state index is 0.0387. The van der Waals surface area contributed by atoms with Gasteiger partial charge in [-0.2, -0.15) is 0 Å². The maximum absolute atomic E-state index is 13.3. The van der Waals surface area contributed by atoms with Crippen molar-refractivity contribution in [2.45, 2.75) is 38.5 Å². The maximum atomic E-state index is 13.3. The van der Waals surface area contributed by atoms with Crippen molar-refractivity contribution >= 4 is 29.0 Å². The highest BCUT2D eigenvalue weighted by atomic mass is 35.5. The number of carbonyl (C=O) groups excluding carboxylic acids is 2. The summed E-state index contributed by atoms with van der Waals surface area (Å²) >= 11 is 6.32. The fraction of sp³-hybridized carbons (Fsp3) is 0.333. The molecule has 5 nitrogen and oxygen atoms in total. The first-order chi connectivity index (χ1) is 14.4. The summed E-state index contributed by atoms with van der Waals surface area (Å²) in [6.45, 7) is 1.92. The van der Waals surface area contributed by atoms with Gasteiger partial charge in [0.05, 0.1) is 19.9 Å². The number of amides is 1. The molecule has 1 unspecified atom stereocenters. The fourth-order valence-corrected chi connectivity index (χ4v) is 4.54. The zero-order valence-electron chi connectivity index (χ0n) is 17.3. The Hall–Kier alpha value is -2.79. The van der Waals surface area contributed by atoms with Crippen LogP contribution in [-0.2, 0) is 9.59 Å². The van der Waals surface area contributed by atoms with Gasteiger partial charge in [0, 0.05) is 35.1 Å². The number of anilines is 1. The van der Waals surface area contributed by atoms with Gasteiger partial charge in [-0.15, -0.1) is 0 Å². The van der Waals surface area contributed by atoms with Gasteiger partial charge in [-0.25, -0.2) is 0 Å². The number of halogens is 1. The van der Waals surface area contributed by atoms with Crippen molar-refractivity contribution in [2.75, 3.05) is 19.1 Å². The molecule has 156 valence electrons. The average molecular weight is 426 g/mol. The van der Waals surface area contributed by atoms with Gasteiger partial charge in [0.15, 0.2) is 17.3 Å². The van der Waals surface area contributed by atoms with Crippen LogP contribution >= 0.6 is 11.6 Å². The molecular weight excluding hydrogens is 402 g/mol. The number of methoxy groups -OCH3 is 2. The van der Waals surface area contributed by atoms with Crippen LogP contribution in [0.15, 0.2) is 47.7 Å². The predicted molar refractivity (Wildman–Crippen MR) is 116 cm³/mol. The molecule has 0 saturated carbocycles. The molecule has 0 fully saturated rings. The number of allylic oxidation sites excluding steroid dienone is 2. The molecule has 6 heteroatoms. The lowest BCUT2D eigenvalue weighted by Gasteiger charge is -2.38. The van der Waals surface area contributed by atoms with Crippen LogP contribution in [0.1, 0.15) is 42.7 Å². The molecule has 1 heterocycles. The number of carbonyl (C=O) groups is 2. The Labute approximate surface area is 181 Å². The SMILES string of the molecule is COc1ccc(C2CC(=O)N(c3ccc(C)c(Cl)c3)C3=C2C(=O)CCC3)cc1OC. The third-order valence-corrected chi connectivity index (χ3v) is 6.31. The van der Waals surface area contributed by atoms with Crippen LogP contribution in [0.5, 0.6) is 11.5 Å².